The molecule has 0 aliphatic carbocycles. The van der Waals surface area contributed by atoms with Crippen molar-refractivity contribution >= 4 is 11.9 Å². The van der Waals surface area contributed by atoms with Gasteiger partial charge in [0.2, 0.25) is 0 Å². The lowest BCUT2D eigenvalue weighted by Gasteiger charge is -2.16. The molecule has 1 unspecified atom stereocenters. The molecule has 5 nitrogen and oxygen atoms in total. The van der Waals surface area contributed by atoms with Gasteiger partial charge in [0.05, 0.1) is 0 Å². The number of carboxylic acid groups (broad SMARTS) is 1. The second-order valence-electron chi connectivity index (χ2n) is 4.80. The number of aliphatic carboxylic acids is 1. The summed E-state index contributed by atoms with van der Waals surface area (Å²) in [5.74, 6) is -0.741. The minimum Gasteiger partial charge on any atom is -0.480 e. The molecule has 0 aliphatic rings. The summed E-state index contributed by atoms with van der Waals surface area (Å²) in [5.41, 5.74) is 0.990. The number of amides is 1. The fraction of sp³-hybridized carbons (Fsp3) is 0.571. The van der Waals surface area contributed by atoms with Crippen molar-refractivity contribution < 1.29 is 19.1 Å². The van der Waals surface area contributed by atoms with E-state index in [1.54, 1.807) is 19.9 Å². The molecule has 5 heteroatoms. The molecule has 1 heterocycles. The molecule has 1 rings (SSSR count). The molecule has 2 N–H and O–H groups in total. The van der Waals surface area contributed by atoms with E-state index in [2.05, 4.69) is 5.32 Å². The highest BCUT2D eigenvalue weighted by atomic mass is 16.4. The number of carbonyl (C=O) groups is 2. The predicted molar refractivity (Wildman–Crippen MR) is 71.2 cm³/mol. The van der Waals surface area contributed by atoms with Crippen molar-refractivity contribution in [3.63, 3.8) is 0 Å². The molecule has 1 aromatic heterocycles. The molecule has 0 saturated carbocycles. The third-order valence-electron chi connectivity index (χ3n) is 3.04. The maximum Gasteiger partial charge on any atom is 0.326 e. The Hall–Kier alpha value is -1.78. The number of hydrogen-bond acceptors (Lipinski definition) is 3. The zero-order chi connectivity index (χ0) is 14.6. The number of nitrogens with one attached hydrogen (secondary N) is 1. The molecule has 1 atom stereocenters. The maximum absolute atomic E-state index is 12.0. The summed E-state index contributed by atoms with van der Waals surface area (Å²) in [6.45, 7) is 7.43. The Morgan fingerprint density at radius 2 is 1.95 bits per heavy atom. The molecule has 0 fully saturated rings. The highest BCUT2D eigenvalue weighted by Crippen LogP contribution is 2.17. The molecule has 0 spiro atoms. The molecular weight excluding hydrogens is 246 g/mol. The van der Waals surface area contributed by atoms with Crippen LogP contribution in [-0.4, -0.2) is 23.0 Å². The topological polar surface area (TPSA) is 79.5 Å². The summed E-state index contributed by atoms with van der Waals surface area (Å²) >= 11 is 0. The second kappa shape index (κ2) is 6.41. The molecule has 1 aromatic rings. The van der Waals surface area contributed by atoms with Gasteiger partial charge in [-0.25, -0.2) is 4.79 Å². The second-order valence-corrected chi connectivity index (χ2v) is 4.80. The number of carboxylic acids is 1. The van der Waals surface area contributed by atoms with Crippen LogP contribution in [0.2, 0.25) is 0 Å². The number of carbonyl (C=O) groups excluding carboxylic acids is 1. The Morgan fingerprint density at radius 1 is 1.32 bits per heavy atom. The first-order chi connectivity index (χ1) is 8.90. The van der Waals surface area contributed by atoms with Crippen LogP contribution in [0.5, 0.6) is 0 Å². The van der Waals surface area contributed by atoms with Gasteiger partial charge < -0.3 is 14.8 Å². The number of furan rings is 1. The third-order valence-corrected chi connectivity index (χ3v) is 3.04. The molecule has 0 aliphatic heterocycles. The fourth-order valence-corrected chi connectivity index (χ4v) is 1.90. The lowest BCUT2D eigenvalue weighted by Crippen LogP contribution is -2.44. The minimum absolute atomic E-state index is 0.181. The van der Waals surface area contributed by atoms with Crippen LogP contribution in [0.15, 0.2) is 10.5 Å². The monoisotopic (exact) mass is 267 g/mol. The van der Waals surface area contributed by atoms with Gasteiger partial charge in [0.15, 0.2) is 5.76 Å². The zero-order valence-corrected chi connectivity index (χ0v) is 11.8. The van der Waals surface area contributed by atoms with E-state index in [0.717, 1.165) is 17.7 Å². The van der Waals surface area contributed by atoms with E-state index in [9.17, 15) is 9.59 Å². The van der Waals surface area contributed by atoms with Gasteiger partial charge >= 0.3 is 5.97 Å². The summed E-state index contributed by atoms with van der Waals surface area (Å²) in [4.78, 5) is 23.0. The summed E-state index contributed by atoms with van der Waals surface area (Å²) in [7, 11) is 0. The normalized spacial score (nSPS) is 12.5. The molecule has 1 amide bonds. The zero-order valence-electron chi connectivity index (χ0n) is 11.8. The molecule has 0 aromatic carbocycles. The van der Waals surface area contributed by atoms with Crippen LogP contribution >= 0.6 is 0 Å². The van der Waals surface area contributed by atoms with Gasteiger partial charge in [-0.05, 0) is 24.0 Å². The van der Waals surface area contributed by atoms with Crippen LogP contribution < -0.4 is 5.32 Å². The highest BCUT2D eigenvalue weighted by Gasteiger charge is 2.25. The van der Waals surface area contributed by atoms with Crippen LogP contribution in [0, 0.1) is 5.92 Å². The van der Waals surface area contributed by atoms with Crippen LogP contribution in [0.3, 0.4) is 0 Å². The van der Waals surface area contributed by atoms with E-state index in [0.29, 0.717) is 6.42 Å². The summed E-state index contributed by atoms with van der Waals surface area (Å²) in [6, 6.07) is 0.778. The summed E-state index contributed by atoms with van der Waals surface area (Å²) in [5, 5.41) is 11.5. The van der Waals surface area contributed by atoms with E-state index < -0.39 is 17.9 Å². The van der Waals surface area contributed by atoms with E-state index >= 15 is 0 Å². The van der Waals surface area contributed by atoms with E-state index in [-0.39, 0.29) is 11.7 Å². The average Bonchev–Trinajstić information content (AvgIpc) is 2.77. The van der Waals surface area contributed by atoms with Crippen LogP contribution in [0.4, 0.5) is 0 Å². The SMILES string of the molecule is CCc1cc(C(=O)NC(C(=O)O)C(C)C)oc1CC. The molecule has 19 heavy (non-hydrogen) atoms. The highest BCUT2D eigenvalue weighted by molar-refractivity contribution is 5.94. The standard InChI is InChI=1S/C14H21NO4/c1-5-9-7-11(19-10(9)6-2)13(16)15-12(8(3)4)14(17)18/h7-8,12H,5-6H2,1-4H3,(H,15,16)(H,17,18). The Bertz CT molecular complexity index is 441. The molecule has 106 valence electrons. The Balaban J connectivity index is 2.88. The van der Waals surface area contributed by atoms with Gasteiger partial charge in [-0.1, -0.05) is 27.7 Å². The van der Waals surface area contributed by atoms with Crippen molar-refractivity contribution in [2.45, 2.75) is 46.6 Å². The third kappa shape index (κ3) is 3.59. The van der Waals surface area contributed by atoms with Crippen molar-refractivity contribution in [3.8, 4) is 0 Å². The molecular formula is C14H21NO4. The Kier molecular flexibility index (Phi) is 5.15. The smallest absolute Gasteiger partial charge is 0.326 e. The first-order valence-corrected chi connectivity index (χ1v) is 6.55. The molecule has 0 bridgehead atoms. The number of aryl methyl sites for hydroxylation is 2. The van der Waals surface area contributed by atoms with Crippen molar-refractivity contribution in [2.75, 3.05) is 0 Å². The lowest BCUT2D eigenvalue weighted by molar-refractivity contribution is -0.140. The minimum atomic E-state index is -1.04. The van der Waals surface area contributed by atoms with Crippen molar-refractivity contribution in [1.82, 2.24) is 5.32 Å². The molecule has 0 saturated heterocycles. The Morgan fingerprint density at radius 3 is 2.32 bits per heavy atom. The van der Waals surface area contributed by atoms with E-state index in [1.807, 2.05) is 13.8 Å². The van der Waals surface area contributed by atoms with Crippen molar-refractivity contribution in [3.05, 3.63) is 23.2 Å². The Labute approximate surface area is 113 Å². The van der Waals surface area contributed by atoms with Crippen LogP contribution in [0.1, 0.15) is 49.6 Å². The maximum atomic E-state index is 12.0. The molecule has 0 radical (unpaired) electrons. The van der Waals surface area contributed by atoms with Gasteiger partial charge in [0.1, 0.15) is 11.8 Å². The van der Waals surface area contributed by atoms with Crippen LogP contribution in [0.25, 0.3) is 0 Å². The van der Waals surface area contributed by atoms with Gasteiger partial charge in [-0.15, -0.1) is 0 Å². The number of rotatable bonds is 6. The fourth-order valence-electron chi connectivity index (χ4n) is 1.90. The van der Waals surface area contributed by atoms with Crippen molar-refractivity contribution in [1.29, 1.82) is 0 Å². The summed E-state index contributed by atoms with van der Waals surface area (Å²) < 4.78 is 5.47. The quantitative estimate of drug-likeness (QED) is 0.828. The average molecular weight is 267 g/mol. The lowest BCUT2D eigenvalue weighted by atomic mass is 10.0. The van der Waals surface area contributed by atoms with Gasteiger partial charge in [0, 0.05) is 6.42 Å². The van der Waals surface area contributed by atoms with Crippen LogP contribution in [-0.2, 0) is 17.6 Å². The predicted octanol–water partition coefficient (Wildman–Crippen LogP) is 2.24. The first-order valence-electron chi connectivity index (χ1n) is 6.55. The van der Waals surface area contributed by atoms with Gasteiger partial charge in [-0.3, -0.25) is 4.79 Å². The van der Waals surface area contributed by atoms with Gasteiger partial charge in [0.25, 0.3) is 5.91 Å². The largest absolute Gasteiger partial charge is 0.480 e. The van der Waals surface area contributed by atoms with E-state index in [1.165, 1.54) is 0 Å². The van der Waals surface area contributed by atoms with E-state index in [4.69, 9.17) is 9.52 Å². The number of hydrogen-bond donors (Lipinski definition) is 2. The van der Waals surface area contributed by atoms with Gasteiger partial charge in [-0.2, -0.15) is 0 Å². The first kappa shape index (κ1) is 15.3. The van der Waals surface area contributed by atoms with Crippen molar-refractivity contribution in [2.24, 2.45) is 5.92 Å². The summed E-state index contributed by atoms with van der Waals surface area (Å²) in [6.07, 6.45) is 1.50.